The molecule has 1 fully saturated rings. The third-order valence-corrected chi connectivity index (χ3v) is 6.73. The number of pyridine rings is 2. The van der Waals surface area contributed by atoms with Crippen LogP contribution in [0.5, 0.6) is 17.4 Å². The number of halogens is 2. The van der Waals surface area contributed by atoms with Crippen molar-refractivity contribution in [1.82, 2.24) is 15.3 Å². The Labute approximate surface area is 239 Å². The molecule has 2 aromatic carbocycles. The van der Waals surface area contributed by atoms with E-state index in [2.05, 4.69) is 25.9 Å². The van der Waals surface area contributed by atoms with E-state index in [9.17, 15) is 18.8 Å². The molecule has 0 saturated heterocycles. The zero-order valence-electron chi connectivity index (χ0n) is 22.8. The van der Waals surface area contributed by atoms with Crippen LogP contribution in [-0.2, 0) is 9.59 Å². The van der Waals surface area contributed by atoms with Gasteiger partial charge in [0.15, 0.2) is 5.82 Å². The lowest BCUT2D eigenvalue weighted by molar-refractivity contribution is -0.131. The van der Waals surface area contributed by atoms with Crippen molar-refractivity contribution in [2.45, 2.75) is 26.2 Å². The number of carbonyl (C=O) groups is 3. The van der Waals surface area contributed by atoms with Crippen molar-refractivity contribution in [1.29, 1.82) is 0 Å². The topological polar surface area (TPSA) is 132 Å². The number of nitrogens with zero attached hydrogens (tertiary/aromatic N) is 2. The number of benzene rings is 2. The standard InChI is InChI=1S/C30H27F2N5O5/c1-3-12-41-25-15-23-20(14-21(25)26(38)33-2)24(8-11-34-23)42-27-22(32)13-19(16-35-27)37-29(40)30(9-10-30)28(39)36-18-6-4-17(31)5-7-18/h4-8,11,13-16H,3,9-10,12H2,1-2H3,(H,33,38)(H,36,39)(H,37,40). The van der Waals surface area contributed by atoms with Gasteiger partial charge in [-0.3, -0.25) is 19.4 Å². The number of anilines is 2. The SMILES string of the molecule is CCCOc1cc2nccc(Oc3ncc(NC(=O)C4(C(=O)Nc5ccc(F)cc5)CC4)cc3F)c2cc1C(=O)NC. The summed E-state index contributed by atoms with van der Waals surface area (Å²) in [5.74, 6) is -2.66. The van der Waals surface area contributed by atoms with Gasteiger partial charge < -0.3 is 25.4 Å². The summed E-state index contributed by atoms with van der Waals surface area (Å²) in [7, 11) is 1.50. The average Bonchev–Trinajstić information content (AvgIpc) is 3.80. The zero-order chi connectivity index (χ0) is 29.9. The summed E-state index contributed by atoms with van der Waals surface area (Å²) in [5, 5.41) is 8.16. The molecule has 0 aliphatic heterocycles. The predicted molar refractivity (Wildman–Crippen MR) is 151 cm³/mol. The number of aromatic nitrogens is 2. The van der Waals surface area contributed by atoms with E-state index in [1.165, 1.54) is 49.8 Å². The normalized spacial score (nSPS) is 13.2. The minimum Gasteiger partial charge on any atom is -0.493 e. The lowest BCUT2D eigenvalue weighted by Gasteiger charge is -2.16. The van der Waals surface area contributed by atoms with Gasteiger partial charge in [-0.2, -0.15) is 0 Å². The van der Waals surface area contributed by atoms with Crippen LogP contribution in [0.2, 0.25) is 0 Å². The maximum absolute atomic E-state index is 15.1. The number of nitrogens with one attached hydrogen (secondary N) is 3. The number of ether oxygens (including phenoxy) is 2. The molecule has 3 N–H and O–H groups in total. The van der Waals surface area contributed by atoms with Crippen molar-refractivity contribution in [3.63, 3.8) is 0 Å². The molecule has 1 aliphatic rings. The second kappa shape index (κ2) is 11.8. The van der Waals surface area contributed by atoms with E-state index in [1.807, 2.05) is 6.92 Å². The Morgan fingerprint density at radius 2 is 1.64 bits per heavy atom. The van der Waals surface area contributed by atoms with Crippen LogP contribution in [0.1, 0.15) is 36.5 Å². The molecule has 0 unspecified atom stereocenters. The van der Waals surface area contributed by atoms with Gasteiger partial charge in [-0.05, 0) is 55.7 Å². The summed E-state index contributed by atoms with van der Waals surface area (Å²) in [6.45, 7) is 2.35. The number of hydrogen-bond acceptors (Lipinski definition) is 7. The highest BCUT2D eigenvalue weighted by atomic mass is 19.1. The van der Waals surface area contributed by atoms with Crippen molar-refractivity contribution in [3.05, 3.63) is 78.1 Å². The van der Waals surface area contributed by atoms with Crippen LogP contribution in [-0.4, -0.2) is 41.3 Å². The molecule has 12 heteroatoms. The largest absolute Gasteiger partial charge is 0.493 e. The van der Waals surface area contributed by atoms with Crippen molar-refractivity contribution in [3.8, 4) is 17.4 Å². The van der Waals surface area contributed by atoms with Crippen LogP contribution in [0.4, 0.5) is 20.2 Å². The fraction of sp³-hybridized carbons (Fsp3) is 0.233. The van der Waals surface area contributed by atoms with Crippen molar-refractivity contribution < 1.29 is 32.6 Å². The number of carbonyl (C=O) groups excluding carboxylic acids is 3. The van der Waals surface area contributed by atoms with Gasteiger partial charge in [-0.15, -0.1) is 0 Å². The maximum atomic E-state index is 15.1. The number of hydrogen-bond donors (Lipinski definition) is 3. The molecule has 0 atom stereocenters. The molecule has 3 amide bonds. The summed E-state index contributed by atoms with van der Waals surface area (Å²) in [6, 6.07) is 10.9. The van der Waals surface area contributed by atoms with E-state index in [0.29, 0.717) is 41.8 Å². The van der Waals surface area contributed by atoms with E-state index >= 15 is 4.39 Å². The molecule has 2 heterocycles. The van der Waals surface area contributed by atoms with Gasteiger partial charge in [0, 0.05) is 36.5 Å². The van der Waals surface area contributed by atoms with Gasteiger partial charge in [0.1, 0.15) is 22.7 Å². The highest BCUT2D eigenvalue weighted by molar-refractivity contribution is 6.16. The Kier molecular flexibility index (Phi) is 7.96. The van der Waals surface area contributed by atoms with Crippen LogP contribution < -0.4 is 25.4 Å². The Bertz CT molecular complexity index is 1680. The maximum Gasteiger partial charge on any atom is 0.256 e. The summed E-state index contributed by atoms with van der Waals surface area (Å²) in [4.78, 5) is 46.6. The van der Waals surface area contributed by atoms with Gasteiger partial charge in [-0.1, -0.05) is 6.92 Å². The Morgan fingerprint density at radius 3 is 2.29 bits per heavy atom. The number of rotatable bonds is 10. The minimum absolute atomic E-state index is 0.0323. The lowest BCUT2D eigenvalue weighted by atomic mass is 10.0. The quantitative estimate of drug-likeness (QED) is 0.221. The first-order valence-corrected chi connectivity index (χ1v) is 13.2. The van der Waals surface area contributed by atoms with E-state index in [1.54, 1.807) is 12.1 Å². The molecular weight excluding hydrogens is 548 g/mol. The molecule has 1 aliphatic carbocycles. The van der Waals surface area contributed by atoms with Crippen LogP contribution >= 0.6 is 0 Å². The van der Waals surface area contributed by atoms with Gasteiger partial charge in [0.25, 0.3) is 11.8 Å². The molecule has 10 nitrogen and oxygen atoms in total. The molecule has 4 aromatic rings. The molecule has 0 spiro atoms. The number of amides is 3. The second-order valence-corrected chi connectivity index (χ2v) is 9.71. The Balaban J connectivity index is 1.33. The molecule has 0 radical (unpaired) electrons. The first kappa shape index (κ1) is 28.4. The summed E-state index contributed by atoms with van der Waals surface area (Å²) in [6.07, 6.45) is 4.04. The molecule has 216 valence electrons. The smallest absolute Gasteiger partial charge is 0.256 e. The van der Waals surface area contributed by atoms with Crippen molar-refractivity contribution in [2.24, 2.45) is 5.41 Å². The monoisotopic (exact) mass is 575 g/mol. The van der Waals surface area contributed by atoms with Crippen molar-refractivity contribution in [2.75, 3.05) is 24.3 Å². The van der Waals surface area contributed by atoms with Crippen LogP contribution in [0.25, 0.3) is 10.9 Å². The first-order valence-electron chi connectivity index (χ1n) is 13.2. The molecular formula is C30H27F2N5O5. The highest BCUT2D eigenvalue weighted by Gasteiger charge is 2.56. The minimum atomic E-state index is -1.32. The van der Waals surface area contributed by atoms with E-state index in [-0.39, 0.29) is 28.8 Å². The third-order valence-electron chi connectivity index (χ3n) is 6.73. The first-order chi connectivity index (χ1) is 20.2. The third kappa shape index (κ3) is 5.82. The summed E-state index contributed by atoms with van der Waals surface area (Å²) in [5.41, 5.74) is -0.210. The molecule has 1 saturated carbocycles. The van der Waals surface area contributed by atoms with Gasteiger partial charge in [-0.25, -0.2) is 13.8 Å². The van der Waals surface area contributed by atoms with Crippen LogP contribution in [0.3, 0.4) is 0 Å². The van der Waals surface area contributed by atoms with Crippen LogP contribution in [0, 0.1) is 17.0 Å². The van der Waals surface area contributed by atoms with E-state index in [0.717, 1.165) is 12.5 Å². The number of fused-ring (bicyclic) bond motifs is 1. The van der Waals surface area contributed by atoms with E-state index in [4.69, 9.17) is 9.47 Å². The van der Waals surface area contributed by atoms with Crippen molar-refractivity contribution >= 4 is 40.0 Å². The Hall–Kier alpha value is -5.13. The molecule has 2 aromatic heterocycles. The lowest BCUT2D eigenvalue weighted by Crippen LogP contribution is -2.35. The average molecular weight is 576 g/mol. The van der Waals surface area contributed by atoms with Gasteiger partial charge in [0.2, 0.25) is 11.8 Å². The molecule has 0 bridgehead atoms. The second-order valence-electron chi connectivity index (χ2n) is 9.71. The fourth-order valence-electron chi connectivity index (χ4n) is 4.27. The Morgan fingerprint density at radius 1 is 0.929 bits per heavy atom. The highest BCUT2D eigenvalue weighted by Crippen LogP contribution is 2.47. The van der Waals surface area contributed by atoms with Crippen LogP contribution in [0.15, 0.2) is 60.9 Å². The molecule has 5 rings (SSSR count). The summed E-state index contributed by atoms with van der Waals surface area (Å²) < 4.78 is 39.7. The van der Waals surface area contributed by atoms with Gasteiger partial charge in [0.05, 0.1) is 29.6 Å². The fourth-order valence-corrected chi connectivity index (χ4v) is 4.27. The van der Waals surface area contributed by atoms with Gasteiger partial charge >= 0.3 is 0 Å². The zero-order valence-corrected chi connectivity index (χ0v) is 22.8. The van der Waals surface area contributed by atoms with E-state index < -0.39 is 28.9 Å². The predicted octanol–water partition coefficient (Wildman–Crippen LogP) is 5.21. The molecule has 42 heavy (non-hydrogen) atoms. The summed E-state index contributed by atoms with van der Waals surface area (Å²) >= 11 is 0.